The normalized spacial score (nSPS) is 16.2. The van der Waals surface area contributed by atoms with Crippen LogP contribution in [0.5, 0.6) is 5.75 Å². The van der Waals surface area contributed by atoms with Crippen LogP contribution >= 0.6 is 22.6 Å². The van der Waals surface area contributed by atoms with E-state index in [4.69, 9.17) is 0 Å². The molecule has 0 radical (unpaired) electrons. The second-order valence-electron chi connectivity index (χ2n) is 7.95. The lowest BCUT2D eigenvalue weighted by atomic mass is 9.92. The maximum Gasteiger partial charge on any atom is 0.182 e. The summed E-state index contributed by atoms with van der Waals surface area (Å²) in [5.74, 6) is -3.01. The molecule has 0 aromatic heterocycles. The number of hydrogen-bond donors (Lipinski definition) is 5. The van der Waals surface area contributed by atoms with Crippen molar-refractivity contribution >= 4 is 39.7 Å². The zero-order valence-corrected chi connectivity index (χ0v) is 19.4. The van der Waals surface area contributed by atoms with Gasteiger partial charge in [-0.25, -0.2) is 13.2 Å². The molecule has 4 rings (SSSR count). The van der Waals surface area contributed by atoms with Gasteiger partial charge in [0.25, 0.3) is 0 Å². The molecule has 0 bridgehead atoms. The quantitative estimate of drug-likeness (QED) is 0.215. The Hall–Kier alpha value is -2.54. The van der Waals surface area contributed by atoms with Crippen LogP contribution in [0, 0.1) is 21.0 Å². The van der Waals surface area contributed by atoms with E-state index in [1.54, 1.807) is 24.3 Å². The number of hydrogen-bond acceptors (Lipinski definition) is 6. The van der Waals surface area contributed by atoms with Crippen LogP contribution in [-0.2, 0) is 0 Å². The number of halogens is 4. The summed E-state index contributed by atoms with van der Waals surface area (Å²) in [7, 11) is 0. The minimum absolute atomic E-state index is 0.00237. The van der Waals surface area contributed by atoms with Crippen molar-refractivity contribution in [3.05, 3.63) is 81.2 Å². The Morgan fingerprint density at radius 3 is 2.42 bits per heavy atom. The Morgan fingerprint density at radius 2 is 1.73 bits per heavy atom. The lowest BCUT2D eigenvalue weighted by molar-refractivity contribution is -0.155. The van der Waals surface area contributed by atoms with Crippen LogP contribution in [0.25, 0.3) is 0 Å². The molecule has 5 N–H and O–H groups in total. The number of para-hydroxylation sites is 2. The van der Waals surface area contributed by atoms with Gasteiger partial charge in [-0.3, -0.25) is 4.90 Å². The number of aliphatic hydroxyl groups is 2. The molecule has 6 nitrogen and oxygen atoms in total. The topological polar surface area (TPSA) is 88.0 Å². The molecule has 174 valence electrons. The fourth-order valence-corrected chi connectivity index (χ4v) is 4.16. The maximum absolute atomic E-state index is 14.6. The van der Waals surface area contributed by atoms with Crippen molar-refractivity contribution in [1.29, 1.82) is 0 Å². The van der Waals surface area contributed by atoms with E-state index < -0.39 is 29.3 Å². The largest absolute Gasteiger partial charge is 0.506 e. The van der Waals surface area contributed by atoms with Crippen LogP contribution in [0.2, 0.25) is 0 Å². The van der Waals surface area contributed by atoms with E-state index in [1.165, 1.54) is 29.2 Å². The third-order valence-corrected chi connectivity index (χ3v) is 6.12. The monoisotopic (exact) mass is 571 g/mol. The molecule has 1 aliphatic heterocycles. The van der Waals surface area contributed by atoms with Gasteiger partial charge in [0, 0.05) is 28.8 Å². The van der Waals surface area contributed by atoms with E-state index >= 15 is 0 Å². The number of aromatic hydroxyl groups is 1. The van der Waals surface area contributed by atoms with Crippen molar-refractivity contribution in [1.82, 2.24) is 4.90 Å². The van der Waals surface area contributed by atoms with Gasteiger partial charge in [0.2, 0.25) is 0 Å². The van der Waals surface area contributed by atoms with Gasteiger partial charge in [-0.15, -0.1) is 0 Å². The predicted octanol–water partition coefficient (Wildman–Crippen LogP) is 4.31. The van der Waals surface area contributed by atoms with Crippen LogP contribution in [0.1, 0.15) is 11.8 Å². The van der Waals surface area contributed by atoms with Gasteiger partial charge in [0.05, 0.1) is 17.1 Å². The second-order valence-corrected chi connectivity index (χ2v) is 9.19. The predicted molar refractivity (Wildman–Crippen MR) is 127 cm³/mol. The first-order chi connectivity index (χ1) is 15.7. The smallest absolute Gasteiger partial charge is 0.182 e. The summed E-state index contributed by atoms with van der Waals surface area (Å²) in [6, 6.07) is 12.9. The summed E-state index contributed by atoms with van der Waals surface area (Å²) in [5.41, 5.74) is -1.21. The average molecular weight is 571 g/mol. The molecule has 1 fully saturated rings. The molecule has 0 amide bonds. The second kappa shape index (κ2) is 9.37. The minimum Gasteiger partial charge on any atom is -0.506 e. The Kier molecular flexibility index (Phi) is 6.71. The molecule has 1 aliphatic rings. The summed E-state index contributed by atoms with van der Waals surface area (Å²) >= 11 is 1.93. The van der Waals surface area contributed by atoms with Crippen LogP contribution in [0.4, 0.5) is 30.2 Å². The Labute approximate surface area is 201 Å². The summed E-state index contributed by atoms with van der Waals surface area (Å²) in [4.78, 5) is 1.47. The Balaban J connectivity index is 1.49. The van der Waals surface area contributed by atoms with E-state index in [2.05, 4.69) is 10.6 Å². The van der Waals surface area contributed by atoms with Gasteiger partial charge in [0.15, 0.2) is 11.6 Å². The van der Waals surface area contributed by atoms with Gasteiger partial charge in [0.1, 0.15) is 23.4 Å². The first-order valence-electron chi connectivity index (χ1n) is 10.0. The number of likely N-dealkylation sites (tertiary alicyclic amines) is 1. The standard InChI is InChI=1S/C23H21F3IN3O3/c24-15-7-6-14(21(20(15)26)29-17-8-5-13(27)9-16(17)25)22(32)30-11-23(33,12-30)10-28-18-3-1-2-4-19(18)31/h1-9,22,28-29,31-33H,10-12H2. The van der Waals surface area contributed by atoms with Gasteiger partial charge < -0.3 is 26.0 Å². The number of benzene rings is 3. The first-order valence-corrected chi connectivity index (χ1v) is 11.1. The first kappa shape index (κ1) is 23.6. The Morgan fingerprint density at radius 1 is 1.00 bits per heavy atom. The van der Waals surface area contributed by atoms with Crippen molar-refractivity contribution in [3.63, 3.8) is 0 Å². The molecular weight excluding hydrogens is 550 g/mol. The van der Waals surface area contributed by atoms with Crippen LogP contribution in [-0.4, -0.2) is 45.5 Å². The van der Waals surface area contributed by atoms with Crippen molar-refractivity contribution in [2.24, 2.45) is 0 Å². The number of phenolic OH excluding ortho intramolecular Hbond substituents is 1. The number of phenols is 1. The highest BCUT2D eigenvalue weighted by molar-refractivity contribution is 14.1. The zero-order chi connectivity index (χ0) is 23.8. The van der Waals surface area contributed by atoms with Crippen molar-refractivity contribution in [2.75, 3.05) is 30.3 Å². The highest BCUT2D eigenvalue weighted by Gasteiger charge is 2.44. The lowest BCUT2D eigenvalue weighted by Gasteiger charge is -2.48. The van der Waals surface area contributed by atoms with E-state index in [0.717, 1.165) is 6.07 Å². The minimum atomic E-state index is -1.38. The third-order valence-electron chi connectivity index (χ3n) is 5.45. The molecule has 0 saturated carbocycles. The van der Waals surface area contributed by atoms with E-state index in [-0.39, 0.29) is 42.3 Å². The molecule has 3 aromatic carbocycles. The number of β-amino-alcohol motifs (C(OH)–C–C–N with tert-alkyl or cyclic N) is 1. The molecule has 3 aromatic rings. The van der Waals surface area contributed by atoms with Crippen LogP contribution in [0.15, 0.2) is 54.6 Å². The molecule has 0 aliphatic carbocycles. The molecule has 33 heavy (non-hydrogen) atoms. The zero-order valence-electron chi connectivity index (χ0n) is 17.2. The summed E-state index contributed by atoms with van der Waals surface area (Å²) in [6.07, 6.45) is -1.38. The number of aliphatic hydroxyl groups excluding tert-OH is 1. The van der Waals surface area contributed by atoms with Crippen molar-refractivity contribution in [2.45, 2.75) is 11.8 Å². The van der Waals surface area contributed by atoms with Crippen molar-refractivity contribution in [3.8, 4) is 5.75 Å². The number of nitrogens with zero attached hydrogens (tertiary/aromatic N) is 1. The van der Waals surface area contributed by atoms with E-state index in [0.29, 0.717) is 9.26 Å². The summed E-state index contributed by atoms with van der Waals surface area (Å²) < 4.78 is 43.5. The fraction of sp³-hybridized carbons (Fsp3) is 0.217. The molecule has 1 atom stereocenters. The SMILES string of the molecule is Oc1ccccc1NCC1(O)CN(C(O)c2ccc(F)c(F)c2Nc2ccc(I)cc2F)C1. The van der Waals surface area contributed by atoms with Gasteiger partial charge in [-0.05, 0) is 65.1 Å². The Bertz CT molecular complexity index is 1170. The molecule has 1 unspecified atom stereocenters. The highest BCUT2D eigenvalue weighted by Crippen LogP contribution is 2.37. The summed E-state index contributed by atoms with van der Waals surface area (Å²) in [6.45, 7) is 0.167. The lowest BCUT2D eigenvalue weighted by Crippen LogP contribution is -2.65. The fourth-order valence-electron chi connectivity index (χ4n) is 3.71. The molecule has 1 heterocycles. The van der Waals surface area contributed by atoms with Gasteiger partial charge in [-0.1, -0.05) is 12.1 Å². The maximum atomic E-state index is 14.6. The average Bonchev–Trinajstić information content (AvgIpc) is 2.76. The number of anilines is 3. The highest BCUT2D eigenvalue weighted by atomic mass is 127. The number of rotatable bonds is 7. The number of nitrogens with one attached hydrogen (secondary N) is 2. The molecule has 0 spiro atoms. The van der Waals surface area contributed by atoms with Crippen LogP contribution in [0.3, 0.4) is 0 Å². The molecule has 1 saturated heterocycles. The molecular formula is C23H21F3IN3O3. The van der Waals surface area contributed by atoms with Crippen molar-refractivity contribution < 1.29 is 28.5 Å². The third kappa shape index (κ3) is 5.03. The van der Waals surface area contributed by atoms with E-state index in [9.17, 15) is 28.5 Å². The van der Waals surface area contributed by atoms with Gasteiger partial charge >= 0.3 is 0 Å². The van der Waals surface area contributed by atoms with Gasteiger partial charge in [-0.2, -0.15) is 0 Å². The molecule has 10 heteroatoms. The van der Waals surface area contributed by atoms with E-state index in [1.807, 2.05) is 22.6 Å². The summed E-state index contributed by atoms with van der Waals surface area (Å²) in [5, 5.41) is 36.8. The van der Waals surface area contributed by atoms with Crippen LogP contribution < -0.4 is 10.6 Å².